The highest BCUT2D eigenvalue weighted by molar-refractivity contribution is 5.80. The van der Waals surface area contributed by atoms with Crippen molar-refractivity contribution in [1.82, 2.24) is 10.2 Å². The maximum Gasteiger partial charge on any atom is 0.227 e. The molecule has 0 aromatic heterocycles. The lowest BCUT2D eigenvalue weighted by Crippen LogP contribution is -2.39. The number of hydrogen-bond acceptors (Lipinski definition) is 2. The second-order valence-electron chi connectivity index (χ2n) is 6.29. The molecular weight excluding hydrogens is 264 g/mol. The lowest BCUT2D eigenvalue weighted by Gasteiger charge is -2.17. The number of amides is 2. The monoisotopic (exact) mass is 286 g/mol. The third kappa shape index (κ3) is 3.26. The molecule has 2 aliphatic rings. The van der Waals surface area contributed by atoms with Crippen LogP contribution in [0.25, 0.3) is 0 Å². The minimum Gasteiger partial charge on any atom is -0.351 e. The molecule has 0 radical (unpaired) electrons. The molecule has 2 heterocycles. The van der Waals surface area contributed by atoms with Crippen LogP contribution in [0.2, 0.25) is 0 Å². The summed E-state index contributed by atoms with van der Waals surface area (Å²) in [6.07, 6.45) is 3.06. The third-order valence-corrected chi connectivity index (χ3v) is 4.56. The first-order valence-electron chi connectivity index (χ1n) is 7.74. The van der Waals surface area contributed by atoms with Crippen molar-refractivity contribution in [2.75, 3.05) is 13.1 Å². The predicted molar refractivity (Wildman–Crippen MR) is 80.7 cm³/mol. The summed E-state index contributed by atoms with van der Waals surface area (Å²) in [6.45, 7) is 3.49. The molecule has 0 bridgehead atoms. The normalized spacial score (nSPS) is 25.2. The number of carbonyl (C=O) groups is 2. The highest BCUT2D eigenvalue weighted by Crippen LogP contribution is 2.25. The molecule has 4 heteroatoms. The molecule has 2 atom stereocenters. The van der Waals surface area contributed by atoms with Crippen LogP contribution in [0.5, 0.6) is 0 Å². The molecule has 0 aliphatic carbocycles. The molecule has 1 N–H and O–H groups in total. The predicted octanol–water partition coefficient (Wildman–Crippen LogP) is 1.66. The van der Waals surface area contributed by atoms with Crippen LogP contribution in [0, 0.1) is 12.8 Å². The summed E-state index contributed by atoms with van der Waals surface area (Å²) in [7, 11) is 0. The Hall–Kier alpha value is -1.84. The Kier molecular flexibility index (Phi) is 3.95. The Bertz CT molecular complexity index is 555. The van der Waals surface area contributed by atoms with Gasteiger partial charge in [0.1, 0.15) is 0 Å². The van der Waals surface area contributed by atoms with E-state index in [0.717, 1.165) is 24.9 Å². The van der Waals surface area contributed by atoms with E-state index in [2.05, 4.69) is 11.4 Å². The quantitative estimate of drug-likeness (QED) is 0.899. The van der Waals surface area contributed by atoms with Crippen LogP contribution in [0.4, 0.5) is 0 Å². The van der Waals surface area contributed by atoms with Crippen molar-refractivity contribution < 1.29 is 9.59 Å². The first-order chi connectivity index (χ1) is 10.1. The van der Waals surface area contributed by atoms with Crippen molar-refractivity contribution >= 4 is 11.8 Å². The van der Waals surface area contributed by atoms with E-state index >= 15 is 0 Å². The molecule has 1 aromatic rings. The van der Waals surface area contributed by atoms with E-state index in [0.29, 0.717) is 25.3 Å². The zero-order valence-corrected chi connectivity index (χ0v) is 12.5. The summed E-state index contributed by atoms with van der Waals surface area (Å²) >= 11 is 0. The lowest BCUT2D eigenvalue weighted by molar-refractivity contribution is -0.130. The number of rotatable bonds is 2. The molecule has 0 spiro atoms. The van der Waals surface area contributed by atoms with E-state index in [9.17, 15) is 9.59 Å². The minimum absolute atomic E-state index is 0.135. The zero-order chi connectivity index (χ0) is 14.8. The number of aryl methyl sites for hydroxylation is 1. The summed E-state index contributed by atoms with van der Waals surface area (Å²) in [5.74, 6) is 0.733. The maximum absolute atomic E-state index is 12.5. The maximum atomic E-state index is 12.5. The molecule has 2 amide bonds. The van der Waals surface area contributed by atoms with Crippen LogP contribution in [-0.2, 0) is 16.0 Å². The third-order valence-electron chi connectivity index (χ3n) is 4.56. The second-order valence-corrected chi connectivity index (χ2v) is 6.29. The summed E-state index contributed by atoms with van der Waals surface area (Å²) in [4.78, 5) is 26.0. The van der Waals surface area contributed by atoms with Crippen molar-refractivity contribution in [1.29, 1.82) is 0 Å². The van der Waals surface area contributed by atoms with E-state index in [1.165, 1.54) is 5.56 Å². The highest BCUT2D eigenvalue weighted by atomic mass is 16.2. The van der Waals surface area contributed by atoms with Crippen LogP contribution in [0.1, 0.15) is 30.4 Å². The highest BCUT2D eigenvalue weighted by Gasteiger charge is 2.37. The Balaban J connectivity index is 1.63. The molecule has 21 heavy (non-hydrogen) atoms. The smallest absolute Gasteiger partial charge is 0.227 e. The van der Waals surface area contributed by atoms with Crippen LogP contribution in [0.15, 0.2) is 24.3 Å². The average Bonchev–Trinajstić information content (AvgIpc) is 2.74. The topological polar surface area (TPSA) is 49.4 Å². The first-order valence-corrected chi connectivity index (χ1v) is 7.74. The van der Waals surface area contributed by atoms with Gasteiger partial charge in [-0.25, -0.2) is 0 Å². The number of hydrogen-bond donors (Lipinski definition) is 1. The zero-order valence-electron chi connectivity index (χ0n) is 12.5. The molecule has 2 fully saturated rings. The summed E-state index contributed by atoms with van der Waals surface area (Å²) in [6, 6.07) is 8.25. The van der Waals surface area contributed by atoms with Crippen molar-refractivity contribution in [3.8, 4) is 0 Å². The average molecular weight is 286 g/mol. The molecule has 0 unspecified atom stereocenters. The van der Waals surface area contributed by atoms with E-state index in [4.69, 9.17) is 0 Å². The van der Waals surface area contributed by atoms with E-state index in [1.807, 2.05) is 30.0 Å². The summed E-state index contributed by atoms with van der Waals surface area (Å²) in [5, 5.41) is 3.07. The lowest BCUT2D eigenvalue weighted by atomic mass is 9.99. The fourth-order valence-electron chi connectivity index (χ4n) is 3.44. The van der Waals surface area contributed by atoms with E-state index in [-0.39, 0.29) is 17.9 Å². The Morgan fingerprint density at radius 3 is 3.05 bits per heavy atom. The van der Waals surface area contributed by atoms with Gasteiger partial charge in [-0.2, -0.15) is 0 Å². The van der Waals surface area contributed by atoms with Crippen molar-refractivity contribution in [3.05, 3.63) is 35.4 Å². The van der Waals surface area contributed by atoms with Gasteiger partial charge in [0.25, 0.3) is 0 Å². The Labute approximate surface area is 125 Å². The fourth-order valence-corrected chi connectivity index (χ4v) is 3.44. The largest absolute Gasteiger partial charge is 0.351 e. The number of benzene rings is 1. The summed E-state index contributed by atoms with van der Waals surface area (Å²) < 4.78 is 0. The van der Waals surface area contributed by atoms with Crippen LogP contribution < -0.4 is 5.32 Å². The van der Waals surface area contributed by atoms with Gasteiger partial charge in [0.15, 0.2) is 0 Å². The van der Waals surface area contributed by atoms with Crippen LogP contribution in [-0.4, -0.2) is 35.8 Å². The van der Waals surface area contributed by atoms with Crippen molar-refractivity contribution in [3.63, 3.8) is 0 Å². The SMILES string of the molecule is Cc1cccc(CC(=O)N2C[C@H]3CCCC(=O)N[C@H]3C2)c1. The van der Waals surface area contributed by atoms with Gasteiger partial charge < -0.3 is 10.2 Å². The van der Waals surface area contributed by atoms with Gasteiger partial charge in [-0.1, -0.05) is 29.8 Å². The van der Waals surface area contributed by atoms with E-state index < -0.39 is 0 Å². The molecule has 0 saturated carbocycles. The number of carbonyl (C=O) groups excluding carboxylic acids is 2. The fraction of sp³-hybridized carbons (Fsp3) is 0.529. The van der Waals surface area contributed by atoms with Crippen molar-refractivity contribution in [2.45, 2.75) is 38.6 Å². The first kappa shape index (κ1) is 14.1. The molecule has 112 valence electrons. The van der Waals surface area contributed by atoms with Crippen molar-refractivity contribution in [2.24, 2.45) is 5.92 Å². The van der Waals surface area contributed by atoms with Gasteiger partial charge in [-0.15, -0.1) is 0 Å². The van der Waals surface area contributed by atoms with Gasteiger partial charge >= 0.3 is 0 Å². The van der Waals surface area contributed by atoms with Gasteiger partial charge in [0.05, 0.1) is 12.5 Å². The number of nitrogens with one attached hydrogen (secondary N) is 1. The Morgan fingerprint density at radius 1 is 1.38 bits per heavy atom. The summed E-state index contributed by atoms with van der Waals surface area (Å²) in [5.41, 5.74) is 2.25. The molecule has 4 nitrogen and oxygen atoms in total. The standard InChI is InChI=1S/C17H22N2O2/c1-12-4-2-5-13(8-12)9-17(21)19-10-14-6-3-7-16(20)18-15(14)11-19/h2,4-5,8,14-15H,3,6-7,9-11H2,1H3,(H,18,20)/t14-,15+/m1/s1. The van der Waals surface area contributed by atoms with Gasteiger partial charge in [-0.05, 0) is 31.2 Å². The van der Waals surface area contributed by atoms with Crippen LogP contribution >= 0.6 is 0 Å². The molecule has 2 aliphatic heterocycles. The second kappa shape index (κ2) is 5.88. The van der Waals surface area contributed by atoms with Gasteiger partial charge in [0.2, 0.25) is 11.8 Å². The van der Waals surface area contributed by atoms with Gasteiger partial charge in [-0.3, -0.25) is 9.59 Å². The number of nitrogens with zero attached hydrogens (tertiary/aromatic N) is 1. The molecule has 3 rings (SSSR count). The van der Waals surface area contributed by atoms with Crippen LogP contribution in [0.3, 0.4) is 0 Å². The number of fused-ring (bicyclic) bond motifs is 1. The molecule has 2 saturated heterocycles. The van der Waals surface area contributed by atoms with E-state index in [1.54, 1.807) is 0 Å². The minimum atomic E-state index is 0.135. The number of likely N-dealkylation sites (tertiary alicyclic amines) is 1. The Morgan fingerprint density at radius 2 is 2.24 bits per heavy atom. The molecular formula is C17H22N2O2. The van der Waals surface area contributed by atoms with Gasteiger partial charge in [0, 0.05) is 19.5 Å². The molecule has 1 aromatic carbocycles.